The van der Waals surface area contributed by atoms with Gasteiger partial charge in [0.1, 0.15) is 11.9 Å². The largest absolute Gasteiger partial charge is 0.354 e. The summed E-state index contributed by atoms with van der Waals surface area (Å²) >= 11 is 0. The fourth-order valence-electron chi connectivity index (χ4n) is 1.79. The Balaban J connectivity index is 1.92. The van der Waals surface area contributed by atoms with E-state index in [1.807, 2.05) is 0 Å². The van der Waals surface area contributed by atoms with Crippen LogP contribution in [-0.2, 0) is 4.79 Å². The quantitative estimate of drug-likeness (QED) is 0.739. The highest BCUT2D eigenvalue weighted by molar-refractivity contribution is 5.93. The molecular weight excluding hydrogens is 237 g/mol. The van der Waals surface area contributed by atoms with Crippen molar-refractivity contribution in [1.82, 2.24) is 10.6 Å². The van der Waals surface area contributed by atoms with Gasteiger partial charge in [-0.15, -0.1) is 0 Å². The van der Waals surface area contributed by atoms with Crippen LogP contribution in [0.5, 0.6) is 0 Å². The Morgan fingerprint density at radius 3 is 2.89 bits per heavy atom. The van der Waals surface area contributed by atoms with Gasteiger partial charge in [0.15, 0.2) is 0 Å². The first-order chi connectivity index (χ1) is 8.66. The molecule has 0 aromatic heterocycles. The molecule has 0 radical (unpaired) electrons. The summed E-state index contributed by atoms with van der Waals surface area (Å²) in [6.07, 6.45) is 1.41. The molecule has 1 atom stereocenters. The lowest BCUT2D eigenvalue weighted by molar-refractivity contribution is -0.124. The number of para-hydroxylation sites is 1. The summed E-state index contributed by atoms with van der Waals surface area (Å²) in [5, 5.41) is 7.55. The smallest absolute Gasteiger partial charge is 0.319 e. The van der Waals surface area contributed by atoms with Gasteiger partial charge in [-0.05, 0) is 25.0 Å². The third-order valence-electron chi connectivity index (χ3n) is 2.71. The van der Waals surface area contributed by atoms with Gasteiger partial charge in [0.25, 0.3) is 0 Å². The number of hydrogen-bond acceptors (Lipinski definition) is 2. The second kappa shape index (κ2) is 5.48. The van der Waals surface area contributed by atoms with Crippen LogP contribution in [0.1, 0.15) is 12.8 Å². The summed E-state index contributed by atoms with van der Waals surface area (Å²) in [5.41, 5.74) is 0.0891. The summed E-state index contributed by atoms with van der Waals surface area (Å²) < 4.78 is 13.3. The van der Waals surface area contributed by atoms with Crippen molar-refractivity contribution < 1.29 is 14.0 Å². The minimum Gasteiger partial charge on any atom is -0.354 e. The third-order valence-corrected chi connectivity index (χ3v) is 2.71. The zero-order valence-electron chi connectivity index (χ0n) is 9.70. The highest BCUT2D eigenvalue weighted by Gasteiger charge is 2.23. The fourth-order valence-corrected chi connectivity index (χ4v) is 1.79. The van der Waals surface area contributed by atoms with E-state index in [-0.39, 0.29) is 11.6 Å². The van der Waals surface area contributed by atoms with Crippen LogP contribution >= 0.6 is 0 Å². The van der Waals surface area contributed by atoms with Crippen molar-refractivity contribution in [1.29, 1.82) is 0 Å². The molecule has 1 aliphatic heterocycles. The summed E-state index contributed by atoms with van der Waals surface area (Å²) in [6.45, 7) is 0.631. The van der Waals surface area contributed by atoms with Crippen molar-refractivity contribution in [2.75, 3.05) is 11.9 Å². The van der Waals surface area contributed by atoms with Gasteiger partial charge in [-0.2, -0.15) is 0 Å². The number of amides is 3. The monoisotopic (exact) mass is 251 g/mol. The molecule has 2 rings (SSSR count). The topological polar surface area (TPSA) is 70.2 Å². The Morgan fingerprint density at radius 2 is 2.17 bits per heavy atom. The maximum Gasteiger partial charge on any atom is 0.319 e. The van der Waals surface area contributed by atoms with Crippen LogP contribution in [-0.4, -0.2) is 24.5 Å². The summed E-state index contributed by atoms with van der Waals surface area (Å²) in [5.74, 6) is -0.717. The molecule has 3 amide bonds. The molecule has 1 aliphatic rings. The molecule has 5 nitrogen and oxygen atoms in total. The van der Waals surface area contributed by atoms with E-state index in [4.69, 9.17) is 0 Å². The number of piperidine rings is 1. The standard InChI is InChI=1S/C12H14FN3O2/c13-8-4-1-2-5-9(8)15-12(18)16-10-6-3-7-14-11(10)17/h1-2,4-5,10H,3,6-7H2,(H,14,17)(H2,15,16,18)/t10-/m1/s1. The van der Waals surface area contributed by atoms with Crippen LogP contribution in [0.25, 0.3) is 0 Å². The van der Waals surface area contributed by atoms with Crippen molar-refractivity contribution in [2.24, 2.45) is 0 Å². The molecule has 0 aliphatic carbocycles. The molecule has 0 saturated carbocycles. The molecule has 1 aromatic carbocycles. The molecule has 1 fully saturated rings. The molecule has 1 aromatic rings. The Morgan fingerprint density at radius 1 is 1.39 bits per heavy atom. The fraction of sp³-hybridized carbons (Fsp3) is 0.333. The lowest BCUT2D eigenvalue weighted by Crippen LogP contribution is -2.51. The molecule has 96 valence electrons. The number of carbonyl (C=O) groups is 2. The first-order valence-electron chi connectivity index (χ1n) is 5.76. The van der Waals surface area contributed by atoms with Crippen molar-refractivity contribution in [2.45, 2.75) is 18.9 Å². The number of hydrogen-bond donors (Lipinski definition) is 3. The van der Waals surface area contributed by atoms with E-state index in [1.165, 1.54) is 18.2 Å². The van der Waals surface area contributed by atoms with Crippen LogP contribution in [0.15, 0.2) is 24.3 Å². The van der Waals surface area contributed by atoms with Gasteiger partial charge >= 0.3 is 6.03 Å². The Labute approximate surface area is 104 Å². The number of halogens is 1. The van der Waals surface area contributed by atoms with E-state index in [0.717, 1.165) is 6.42 Å². The van der Waals surface area contributed by atoms with Gasteiger partial charge in [0, 0.05) is 6.54 Å². The molecule has 0 spiro atoms. The summed E-state index contributed by atoms with van der Waals surface area (Å²) in [6, 6.07) is 4.73. The molecule has 6 heteroatoms. The molecular formula is C12H14FN3O2. The summed E-state index contributed by atoms with van der Waals surface area (Å²) in [7, 11) is 0. The second-order valence-electron chi connectivity index (χ2n) is 4.06. The van der Waals surface area contributed by atoms with E-state index in [2.05, 4.69) is 16.0 Å². The van der Waals surface area contributed by atoms with Gasteiger partial charge in [-0.1, -0.05) is 12.1 Å². The average Bonchev–Trinajstić information content (AvgIpc) is 2.35. The van der Waals surface area contributed by atoms with Gasteiger partial charge in [-0.25, -0.2) is 9.18 Å². The molecule has 18 heavy (non-hydrogen) atoms. The first kappa shape index (κ1) is 12.3. The number of nitrogens with one attached hydrogen (secondary N) is 3. The normalized spacial score (nSPS) is 18.9. The third kappa shape index (κ3) is 2.97. The molecule has 0 bridgehead atoms. The summed E-state index contributed by atoms with van der Waals surface area (Å²) in [4.78, 5) is 23.0. The van der Waals surface area contributed by atoms with Crippen molar-refractivity contribution in [3.63, 3.8) is 0 Å². The van der Waals surface area contributed by atoms with Crippen LogP contribution in [0.2, 0.25) is 0 Å². The zero-order valence-corrected chi connectivity index (χ0v) is 9.70. The Hall–Kier alpha value is -2.11. The SMILES string of the molecule is O=C(Nc1ccccc1F)N[C@@H]1CCCNC1=O. The van der Waals surface area contributed by atoms with Crippen LogP contribution in [0.3, 0.4) is 0 Å². The van der Waals surface area contributed by atoms with E-state index >= 15 is 0 Å². The number of benzene rings is 1. The minimum absolute atomic E-state index is 0.0891. The molecule has 3 N–H and O–H groups in total. The number of rotatable bonds is 2. The Kier molecular flexibility index (Phi) is 3.76. The average molecular weight is 251 g/mol. The van der Waals surface area contributed by atoms with E-state index in [0.29, 0.717) is 13.0 Å². The van der Waals surface area contributed by atoms with Gasteiger partial charge < -0.3 is 16.0 Å². The van der Waals surface area contributed by atoms with Crippen LogP contribution in [0.4, 0.5) is 14.9 Å². The Bertz CT molecular complexity index is 464. The lowest BCUT2D eigenvalue weighted by Gasteiger charge is -2.22. The molecule has 1 heterocycles. The highest BCUT2D eigenvalue weighted by Crippen LogP contribution is 2.12. The van der Waals surface area contributed by atoms with Crippen molar-refractivity contribution in [3.05, 3.63) is 30.1 Å². The second-order valence-corrected chi connectivity index (χ2v) is 4.06. The number of urea groups is 1. The maximum atomic E-state index is 13.3. The van der Waals surface area contributed by atoms with Gasteiger partial charge in [-0.3, -0.25) is 4.79 Å². The van der Waals surface area contributed by atoms with Crippen LogP contribution < -0.4 is 16.0 Å². The number of carbonyl (C=O) groups excluding carboxylic acids is 2. The predicted molar refractivity (Wildman–Crippen MR) is 64.6 cm³/mol. The minimum atomic E-state index is -0.581. The van der Waals surface area contributed by atoms with E-state index in [9.17, 15) is 14.0 Å². The zero-order chi connectivity index (χ0) is 13.0. The molecule has 0 unspecified atom stereocenters. The van der Waals surface area contributed by atoms with E-state index in [1.54, 1.807) is 6.07 Å². The molecule has 1 saturated heterocycles. The first-order valence-corrected chi connectivity index (χ1v) is 5.76. The van der Waals surface area contributed by atoms with Gasteiger partial charge in [0.2, 0.25) is 5.91 Å². The lowest BCUT2D eigenvalue weighted by atomic mass is 10.1. The maximum absolute atomic E-state index is 13.3. The highest BCUT2D eigenvalue weighted by atomic mass is 19.1. The number of anilines is 1. The van der Waals surface area contributed by atoms with Crippen molar-refractivity contribution in [3.8, 4) is 0 Å². The predicted octanol–water partition coefficient (Wildman–Crippen LogP) is 1.23. The van der Waals surface area contributed by atoms with Crippen LogP contribution in [0, 0.1) is 5.82 Å². The van der Waals surface area contributed by atoms with Gasteiger partial charge in [0.05, 0.1) is 5.69 Å². The van der Waals surface area contributed by atoms with Crippen molar-refractivity contribution >= 4 is 17.6 Å². The van der Waals surface area contributed by atoms with E-state index < -0.39 is 17.9 Å².